The number of ether oxygens (including phenoxy) is 1. The number of carbonyl (C=O) groups is 1. The molecule has 0 bridgehead atoms. The van der Waals surface area contributed by atoms with E-state index in [1.54, 1.807) is 6.07 Å². The standard InChI is InChI=1S/C17H16N2O3/c20-17(7-4-10-21-14-5-2-1-3-6-14)19-13-8-9-15-16(11-13)22-12-18-15/h1-3,5-6,8-9,11-12H,4,7,10H2,(H,19,20). The molecule has 0 aliphatic rings. The average Bonchev–Trinajstić information content (AvgIpc) is 3.00. The van der Waals surface area contributed by atoms with E-state index in [2.05, 4.69) is 10.3 Å². The number of nitrogens with one attached hydrogen (secondary N) is 1. The molecule has 0 fully saturated rings. The summed E-state index contributed by atoms with van der Waals surface area (Å²) in [5, 5.41) is 2.84. The molecule has 112 valence electrons. The van der Waals surface area contributed by atoms with Crippen molar-refractivity contribution >= 4 is 22.7 Å². The Kier molecular flexibility index (Phi) is 4.34. The third kappa shape index (κ3) is 3.63. The first-order chi connectivity index (χ1) is 10.8. The zero-order chi connectivity index (χ0) is 15.2. The van der Waals surface area contributed by atoms with Crippen molar-refractivity contribution in [1.82, 2.24) is 4.98 Å². The summed E-state index contributed by atoms with van der Waals surface area (Å²) in [4.78, 5) is 15.9. The van der Waals surface area contributed by atoms with E-state index in [0.29, 0.717) is 30.7 Å². The van der Waals surface area contributed by atoms with Gasteiger partial charge < -0.3 is 14.5 Å². The van der Waals surface area contributed by atoms with Gasteiger partial charge in [-0.3, -0.25) is 4.79 Å². The van der Waals surface area contributed by atoms with Crippen molar-refractivity contribution in [3.8, 4) is 5.75 Å². The van der Waals surface area contributed by atoms with Crippen molar-refractivity contribution in [3.05, 3.63) is 54.9 Å². The lowest BCUT2D eigenvalue weighted by atomic mass is 10.2. The lowest BCUT2D eigenvalue weighted by Crippen LogP contribution is -2.12. The minimum atomic E-state index is -0.0458. The highest BCUT2D eigenvalue weighted by Gasteiger charge is 2.05. The Labute approximate surface area is 127 Å². The number of anilines is 1. The van der Waals surface area contributed by atoms with Gasteiger partial charge in [-0.05, 0) is 30.7 Å². The van der Waals surface area contributed by atoms with Gasteiger partial charge in [-0.2, -0.15) is 0 Å². The summed E-state index contributed by atoms with van der Waals surface area (Å²) in [5.74, 6) is 0.772. The molecule has 3 aromatic rings. The van der Waals surface area contributed by atoms with E-state index >= 15 is 0 Å². The van der Waals surface area contributed by atoms with Crippen LogP contribution >= 0.6 is 0 Å². The van der Waals surface area contributed by atoms with Crippen LogP contribution in [0.25, 0.3) is 11.1 Å². The van der Waals surface area contributed by atoms with Crippen LogP contribution in [0.3, 0.4) is 0 Å². The van der Waals surface area contributed by atoms with E-state index in [9.17, 15) is 4.79 Å². The molecule has 1 heterocycles. The topological polar surface area (TPSA) is 64.4 Å². The number of aromatic nitrogens is 1. The van der Waals surface area contributed by atoms with Gasteiger partial charge in [-0.15, -0.1) is 0 Å². The number of hydrogen-bond acceptors (Lipinski definition) is 4. The Morgan fingerprint density at radius 3 is 2.91 bits per heavy atom. The van der Waals surface area contributed by atoms with Crippen LogP contribution in [0.2, 0.25) is 0 Å². The number of amides is 1. The lowest BCUT2D eigenvalue weighted by molar-refractivity contribution is -0.116. The Hall–Kier alpha value is -2.82. The molecule has 1 N–H and O–H groups in total. The van der Waals surface area contributed by atoms with Gasteiger partial charge >= 0.3 is 0 Å². The summed E-state index contributed by atoms with van der Waals surface area (Å²) in [5.41, 5.74) is 2.14. The second kappa shape index (κ2) is 6.76. The number of fused-ring (bicyclic) bond motifs is 1. The molecular formula is C17H16N2O3. The van der Waals surface area contributed by atoms with E-state index < -0.39 is 0 Å². The first-order valence-electron chi connectivity index (χ1n) is 7.12. The van der Waals surface area contributed by atoms with Gasteiger partial charge in [0.1, 0.15) is 11.3 Å². The Balaban J connectivity index is 1.44. The molecule has 2 aromatic carbocycles. The molecule has 1 amide bonds. The molecule has 0 aliphatic carbocycles. The molecule has 0 aliphatic heterocycles. The largest absolute Gasteiger partial charge is 0.494 e. The normalized spacial score (nSPS) is 10.5. The number of rotatable bonds is 6. The number of para-hydroxylation sites is 1. The van der Waals surface area contributed by atoms with Gasteiger partial charge in [0, 0.05) is 18.2 Å². The van der Waals surface area contributed by atoms with Crippen molar-refractivity contribution in [1.29, 1.82) is 0 Å². The fourth-order valence-electron chi connectivity index (χ4n) is 2.10. The summed E-state index contributed by atoms with van der Waals surface area (Å²) < 4.78 is 10.8. The Morgan fingerprint density at radius 2 is 2.05 bits per heavy atom. The van der Waals surface area contributed by atoms with Gasteiger partial charge in [0.15, 0.2) is 12.0 Å². The van der Waals surface area contributed by atoms with Crippen LogP contribution in [0.4, 0.5) is 5.69 Å². The second-order valence-corrected chi connectivity index (χ2v) is 4.85. The molecule has 0 saturated carbocycles. The monoisotopic (exact) mass is 296 g/mol. The molecule has 5 heteroatoms. The first-order valence-corrected chi connectivity index (χ1v) is 7.12. The quantitative estimate of drug-likeness (QED) is 0.705. The summed E-state index contributed by atoms with van der Waals surface area (Å²) in [6, 6.07) is 14.9. The molecule has 3 rings (SSSR count). The fourth-order valence-corrected chi connectivity index (χ4v) is 2.10. The van der Waals surface area contributed by atoms with Crippen LogP contribution in [0, 0.1) is 0 Å². The summed E-state index contributed by atoms with van der Waals surface area (Å²) in [6.07, 6.45) is 2.45. The molecule has 0 radical (unpaired) electrons. The molecule has 0 unspecified atom stereocenters. The predicted molar refractivity (Wildman–Crippen MR) is 83.8 cm³/mol. The van der Waals surface area contributed by atoms with Crippen molar-refractivity contribution in [3.63, 3.8) is 0 Å². The number of hydrogen-bond donors (Lipinski definition) is 1. The fraction of sp³-hybridized carbons (Fsp3) is 0.176. The molecular weight excluding hydrogens is 280 g/mol. The van der Waals surface area contributed by atoms with Crippen LogP contribution in [0.15, 0.2) is 59.3 Å². The van der Waals surface area contributed by atoms with Crippen molar-refractivity contribution in [2.75, 3.05) is 11.9 Å². The van der Waals surface area contributed by atoms with Crippen LogP contribution in [0.5, 0.6) is 5.75 Å². The molecule has 1 aromatic heterocycles. The maximum atomic E-state index is 11.9. The number of nitrogens with zero attached hydrogens (tertiary/aromatic N) is 1. The lowest BCUT2D eigenvalue weighted by Gasteiger charge is -2.07. The van der Waals surface area contributed by atoms with Crippen molar-refractivity contribution in [2.45, 2.75) is 12.8 Å². The number of oxazole rings is 1. The molecule has 0 spiro atoms. The van der Waals surface area contributed by atoms with Crippen molar-refractivity contribution in [2.24, 2.45) is 0 Å². The minimum absolute atomic E-state index is 0.0458. The van der Waals surface area contributed by atoms with Gasteiger partial charge in [-0.1, -0.05) is 18.2 Å². The van der Waals surface area contributed by atoms with Gasteiger partial charge in [0.25, 0.3) is 0 Å². The third-order valence-electron chi connectivity index (χ3n) is 3.18. The minimum Gasteiger partial charge on any atom is -0.494 e. The van der Waals surface area contributed by atoms with Crippen LogP contribution < -0.4 is 10.1 Å². The molecule has 0 atom stereocenters. The predicted octanol–water partition coefficient (Wildman–Crippen LogP) is 3.63. The maximum Gasteiger partial charge on any atom is 0.224 e. The van der Waals surface area contributed by atoms with Crippen molar-refractivity contribution < 1.29 is 13.9 Å². The summed E-state index contributed by atoms with van der Waals surface area (Å²) in [7, 11) is 0. The second-order valence-electron chi connectivity index (χ2n) is 4.85. The number of carbonyl (C=O) groups excluding carboxylic acids is 1. The van der Waals surface area contributed by atoms with Gasteiger partial charge in [0.2, 0.25) is 5.91 Å². The van der Waals surface area contributed by atoms with E-state index in [4.69, 9.17) is 9.15 Å². The Bertz CT molecular complexity index is 753. The SMILES string of the molecule is O=C(CCCOc1ccccc1)Nc1ccc2ncoc2c1. The Morgan fingerprint density at radius 1 is 1.18 bits per heavy atom. The molecule has 0 saturated heterocycles. The smallest absolute Gasteiger partial charge is 0.224 e. The summed E-state index contributed by atoms with van der Waals surface area (Å²) >= 11 is 0. The number of benzene rings is 2. The zero-order valence-corrected chi connectivity index (χ0v) is 12.0. The first kappa shape index (κ1) is 14.1. The average molecular weight is 296 g/mol. The van der Waals surface area contributed by atoms with Crippen LogP contribution in [0.1, 0.15) is 12.8 Å². The third-order valence-corrected chi connectivity index (χ3v) is 3.18. The van der Waals surface area contributed by atoms with Gasteiger partial charge in [0.05, 0.1) is 6.61 Å². The summed E-state index contributed by atoms with van der Waals surface area (Å²) in [6.45, 7) is 0.512. The van der Waals surface area contributed by atoms with E-state index in [-0.39, 0.29) is 5.91 Å². The van der Waals surface area contributed by atoms with Crippen LogP contribution in [-0.2, 0) is 4.79 Å². The molecule has 5 nitrogen and oxygen atoms in total. The zero-order valence-electron chi connectivity index (χ0n) is 12.0. The molecule has 22 heavy (non-hydrogen) atoms. The van der Waals surface area contributed by atoms with Gasteiger partial charge in [-0.25, -0.2) is 4.98 Å². The highest BCUT2D eigenvalue weighted by Crippen LogP contribution is 2.18. The van der Waals surface area contributed by atoms with E-state index in [1.807, 2.05) is 42.5 Å². The van der Waals surface area contributed by atoms with Crippen LogP contribution in [-0.4, -0.2) is 17.5 Å². The highest BCUT2D eigenvalue weighted by atomic mass is 16.5. The van der Waals surface area contributed by atoms with E-state index in [0.717, 1.165) is 11.3 Å². The van der Waals surface area contributed by atoms with E-state index in [1.165, 1.54) is 6.39 Å². The highest BCUT2D eigenvalue weighted by molar-refractivity contribution is 5.92. The maximum absolute atomic E-state index is 11.9.